The van der Waals surface area contributed by atoms with Crippen LogP contribution in [0.15, 0.2) is 12.4 Å². The van der Waals surface area contributed by atoms with Gasteiger partial charge in [-0.3, -0.25) is 0 Å². The van der Waals surface area contributed by atoms with E-state index in [9.17, 15) is 0 Å². The molecule has 5 nitrogen and oxygen atoms in total. The number of piperidine rings is 1. The van der Waals surface area contributed by atoms with Crippen LogP contribution in [0.25, 0.3) is 0 Å². The Labute approximate surface area is 128 Å². The smallest absolute Gasteiger partial charge is 0.225 e. The first kappa shape index (κ1) is 16.2. The van der Waals surface area contributed by atoms with E-state index in [-0.39, 0.29) is 0 Å². The molecule has 0 amide bonds. The normalized spacial score (nSPS) is 17.0. The minimum atomic E-state index is 0.486. The third-order valence-corrected chi connectivity index (χ3v) is 3.93. The van der Waals surface area contributed by atoms with Crippen molar-refractivity contribution in [3.05, 3.63) is 18.0 Å². The zero-order valence-electron chi connectivity index (χ0n) is 13.8. The maximum absolute atomic E-state index is 4.53. The Balaban J connectivity index is 1.83. The molecule has 1 N–H and O–H groups in total. The van der Waals surface area contributed by atoms with E-state index in [0.29, 0.717) is 6.04 Å². The highest BCUT2D eigenvalue weighted by Crippen LogP contribution is 2.20. The van der Waals surface area contributed by atoms with Crippen LogP contribution in [-0.2, 0) is 6.54 Å². The van der Waals surface area contributed by atoms with Crippen LogP contribution in [0.3, 0.4) is 0 Å². The molecule has 0 unspecified atom stereocenters. The van der Waals surface area contributed by atoms with Crippen LogP contribution in [0.1, 0.15) is 32.3 Å². The molecule has 2 rings (SSSR count). The van der Waals surface area contributed by atoms with Crippen molar-refractivity contribution in [2.45, 2.75) is 39.3 Å². The number of rotatable bonds is 6. The van der Waals surface area contributed by atoms with E-state index in [2.05, 4.69) is 53.0 Å². The Bertz CT molecular complexity index is 407. The monoisotopic (exact) mass is 291 g/mol. The third kappa shape index (κ3) is 5.25. The van der Waals surface area contributed by atoms with E-state index in [4.69, 9.17) is 0 Å². The van der Waals surface area contributed by atoms with Crippen LogP contribution >= 0.6 is 0 Å². The molecule has 2 heterocycles. The summed E-state index contributed by atoms with van der Waals surface area (Å²) < 4.78 is 0. The summed E-state index contributed by atoms with van der Waals surface area (Å²) in [5.74, 6) is 1.69. The molecular weight excluding hydrogens is 262 g/mol. The standard InChI is InChI=1S/C16H29N5/c1-13(2)17-9-15-10-18-16(19-11-15)21-7-5-14(6-8-21)12-20(3)4/h10-11,13-14,17H,5-9,12H2,1-4H3. The highest BCUT2D eigenvalue weighted by Gasteiger charge is 2.21. The summed E-state index contributed by atoms with van der Waals surface area (Å²) in [6, 6.07) is 0.486. The number of nitrogens with zero attached hydrogens (tertiary/aromatic N) is 4. The molecule has 0 aromatic carbocycles. The fourth-order valence-corrected chi connectivity index (χ4v) is 2.76. The Morgan fingerprint density at radius 1 is 1.24 bits per heavy atom. The molecule has 0 spiro atoms. The fourth-order valence-electron chi connectivity index (χ4n) is 2.76. The highest BCUT2D eigenvalue weighted by molar-refractivity contribution is 5.30. The molecule has 1 aliphatic heterocycles. The van der Waals surface area contributed by atoms with Gasteiger partial charge < -0.3 is 15.1 Å². The molecule has 1 aliphatic rings. The lowest BCUT2D eigenvalue weighted by molar-refractivity contribution is 0.284. The van der Waals surface area contributed by atoms with Crippen molar-refractivity contribution in [3.8, 4) is 0 Å². The molecule has 0 saturated carbocycles. The number of nitrogens with one attached hydrogen (secondary N) is 1. The number of hydrogen-bond acceptors (Lipinski definition) is 5. The predicted molar refractivity (Wildman–Crippen MR) is 87.5 cm³/mol. The van der Waals surface area contributed by atoms with Gasteiger partial charge in [-0.15, -0.1) is 0 Å². The molecule has 0 atom stereocenters. The molecular formula is C16H29N5. The summed E-state index contributed by atoms with van der Waals surface area (Å²) in [7, 11) is 4.30. The average molecular weight is 291 g/mol. The number of aromatic nitrogens is 2. The van der Waals surface area contributed by atoms with Gasteiger partial charge >= 0.3 is 0 Å². The van der Waals surface area contributed by atoms with Crippen molar-refractivity contribution >= 4 is 5.95 Å². The van der Waals surface area contributed by atoms with Gasteiger partial charge in [-0.2, -0.15) is 0 Å². The highest BCUT2D eigenvalue weighted by atomic mass is 15.2. The first-order valence-corrected chi connectivity index (χ1v) is 7.98. The molecule has 1 fully saturated rings. The van der Waals surface area contributed by atoms with E-state index in [1.807, 2.05) is 12.4 Å². The van der Waals surface area contributed by atoms with Crippen molar-refractivity contribution in [2.75, 3.05) is 38.6 Å². The van der Waals surface area contributed by atoms with Gasteiger partial charge in [0, 0.05) is 50.2 Å². The lowest BCUT2D eigenvalue weighted by Crippen LogP contribution is -2.38. The number of hydrogen-bond donors (Lipinski definition) is 1. The van der Waals surface area contributed by atoms with Crippen molar-refractivity contribution in [1.29, 1.82) is 0 Å². The van der Waals surface area contributed by atoms with Gasteiger partial charge in [0.1, 0.15) is 0 Å². The van der Waals surface area contributed by atoms with Gasteiger partial charge in [0.2, 0.25) is 5.95 Å². The second-order valence-electron chi connectivity index (χ2n) is 6.62. The maximum Gasteiger partial charge on any atom is 0.225 e. The molecule has 5 heteroatoms. The third-order valence-electron chi connectivity index (χ3n) is 3.93. The number of anilines is 1. The second-order valence-corrected chi connectivity index (χ2v) is 6.62. The summed E-state index contributed by atoms with van der Waals surface area (Å²) in [6.07, 6.45) is 6.36. The summed E-state index contributed by atoms with van der Waals surface area (Å²) in [4.78, 5) is 13.7. The Morgan fingerprint density at radius 3 is 2.38 bits per heavy atom. The largest absolute Gasteiger partial charge is 0.341 e. The molecule has 118 valence electrons. The minimum Gasteiger partial charge on any atom is -0.341 e. The minimum absolute atomic E-state index is 0.486. The van der Waals surface area contributed by atoms with Gasteiger partial charge in [0.15, 0.2) is 0 Å². The van der Waals surface area contributed by atoms with Gasteiger partial charge in [-0.1, -0.05) is 13.8 Å². The van der Waals surface area contributed by atoms with Crippen molar-refractivity contribution in [2.24, 2.45) is 5.92 Å². The Hall–Kier alpha value is -1.20. The predicted octanol–water partition coefficient (Wildman–Crippen LogP) is 1.75. The van der Waals surface area contributed by atoms with Crippen LogP contribution in [-0.4, -0.2) is 54.6 Å². The van der Waals surface area contributed by atoms with Gasteiger partial charge in [0.25, 0.3) is 0 Å². The Kier molecular flexibility index (Phi) is 5.94. The topological polar surface area (TPSA) is 44.3 Å². The molecule has 0 aliphatic carbocycles. The molecule has 0 radical (unpaired) electrons. The molecule has 1 aromatic rings. The van der Waals surface area contributed by atoms with Crippen molar-refractivity contribution < 1.29 is 0 Å². The first-order chi connectivity index (χ1) is 10.0. The first-order valence-electron chi connectivity index (χ1n) is 7.98. The lowest BCUT2D eigenvalue weighted by Gasteiger charge is -2.33. The van der Waals surface area contributed by atoms with E-state index >= 15 is 0 Å². The van der Waals surface area contributed by atoms with Gasteiger partial charge in [-0.05, 0) is 32.9 Å². The van der Waals surface area contributed by atoms with Gasteiger partial charge in [-0.25, -0.2) is 9.97 Å². The SMILES string of the molecule is CC(C)NCc1cnc(N2CCC(CN(C)C)CC2)nc1. The lowest BCUT2D eigenvalue weighted by atomic mass is 9.97. The van der Waals surface area contributed by atoms with E-state index in [1.165, 1.54) is 19.4 Å². The van der Waals surface area contributed by atoms with Gasteiger partial charge in [0.05, 0.1) is 0 Å². The summed E-state index contributed by atoms with van der Waals surface area (Å²) in [5.41, 5.74) is 1.15. The van der Waals surface area contributed by atoms with E-state index in [1.54, 1.807) is 0 Å². The zero-order chi connectivity index (χ0) is 15.2. The van der Waals surface area contributed by atoms with Crippen molar-refractivity contribution in [1.82, 2.24) is 20.2 Å². The van der Waals surface area contributed by atoms with Crippen LogP contribution in [0.2, 0.25) is 0 Å². The molecule has 1 saturated heterocycles. The summed E-state index contributed by atoms with van der Waals surface area (Å²) >= 11 is 0. The molecule has 21 heavy (non-hydrogen) atoms. The van der Waals surface area contributed by atoms with E-state index in [0.717, 1.165) is 37.1 Å². The summed E-state index contributed by atoms with van der Waals surface area (Å²) in [5, 5.41) is 3.39. The quantitative estimate of drug-likeness (QED) is 0.865. The van der Waals surface area contributed by atoms with Crippen LogP contribution in [0.5, 0.6) is 0 Å². The summed E-state index contributed by atoms with van der Waals surface area (Å²) in [6.45, 7) is 8.46. The fraction of sp³-hybridized carbons (Fsp3) is 0.750. The average Bonchev–Trinajstić information content (AvgIpc) is 2.46. The molecule has 0 bridgehead atoms. The van der Waals surface area contributed by atoms with Crippen LogP contribution in [0, 0.1) is 5.92 Å². The Morgan fingerprint density at radius 2 is 1.86 bits per heavy atom. The second kappa shape index (κ2) is 7.71. The van der Waals surface area contributed by atoms with Crippen LogP contribution < -0.4 is 10.2 Å². The van der Waals surface area contributed by atoms with E-state index < -0.39 is 0 Å². The maximum atomic E-state index is 4.53. The van der Waals surface area contributed by atoms with Crippen LogP contribution in [0.4, 0.5) is 5.95 Å². The van der Waals surface area contributed by atoms with Crippen molar-refractivity contribution in [3.63, 3.8) is 0 Å². The molecule has 1 aromatic heterocycles. The zero-order valence-corrected chi connectivity index (χ0v) is 13.8.